The van der Waals surface area contributed by atoms with E-state index in [0.29, 0.717) is 17.8 Å². The van der Waals surface area contributed by atoms with Gasteiger partial charge in [0.2, 0.25) is 0 Å². The number of hydrogen-bond donors (Lipinski definition) is 0. The average molecular weight is 510 g/mol. The summed E-state index contributed by atoms with van der Waals surface area (Å²) in [5.41, 5.74) is 0.944. The second-order valence-electron chi connectivity index (χ2n) is 9.11. The molecular weight excluding hydrogens is 488 g/mol. The van der Waals surface area contributed by atoms with E-state index in [0.717, 1.165) is 35.6 Å². The van der Waals surface area contributed by atoms with Crippen LogP contribution in [0, 0.1) is 17.3 Å². The van der Waals surface area contributed by atoms with E-state index in [-0.39, 0.29) is 27.9 Å². The van der Waals surface area contributed by atoms with Crippen molar-refractivity contribution < 1.29 is 9.53 Å². The van der Waals surface area contributed by atoms with E-state index < -0.39 is 0 Å². The van der Waals surface area contributed by atoms with Crippen LogP contribution in [0.25, 0.3) is 5.65 Å². The van der Waals surface area contributed by atoms with Gasteiger partial charge in [0.05, 0.1) is 12.1 Å². The summed E-state index contributed by atoms with van der Waals surface area (Å²) < 4.78 is 8.07. The standard InChI is InChI=1S/C21H22Br2N2O3/c22-15-1-2-17-24-16(4-18(26)25(17)10-15)11-28-19(27)9-20-5-13-3-14(6-20)8-21(23,7-13)12-20/h1-2,4,10,13-14H,3,5-9,11-12H2. The Balaban J connectivity index is 1.28. The van der Waals surface area contributed by atoms with Crippen LogP contribution in [-0.4, -0.2) is 19.7 Å². The van der Waals surface area contributed by atoms with E-state index >= 15 is 0 Å². The van der Waals surface area contributed by atoms with Gasteiger partial charge in [-0.3, -0.25) is 14.0 Å². The number of nitrogens with zero attached hydrogens (tertiary/aromatic N) is 2. The number of halogens is 2. The van der Waals surface area contributed by atoms with Crippen LogP contribution in [0.15, 0.2) is 33.7 Å². The van der Waals surface area contributed by atoms with Gasteiger partial charge in [-0.1, -0.05) is 15.9 Å². The van der Waals surface area contributed by atoms with Crippen molar-refractivity contribution >= 4 is 43.5 Å². The van der Waals surface area contributed by atoms with E-state index in [2.05, 4.69) is 36.8 Å². The van der Waals surface area contributed by atoms with Crippen LogP contribution in [0.4, 0.5) is 0 Å². The molecule has 4 fully saturated rings. The fourth-order valence-corrected chi connectivity index (χ4v) is 8.10. The molecule has 4 bridgehead atoms. The molecule has 7 heteroatoms. The summed E-state index contributed by atoms with van der Waals surface area (Å²) in [6, 6.07) is 5.04. The predicted octanol–water partition coefficient (Wildman–Crippen LogP) is 4.62. The third-order valence-electron chi connectivity index (χ3n) is 6.69. The molecule has 2 unspecified atom stereocenters. The predicted molar refractivity (Wildman–Crippen MR) is 112 cm³/mol. The Labute approximate surface area is 180 Å². The largest absolute Gasteiger partial charge is 0.459 e. The Morgan fingerprint density at radius 1 is 1.25 bits per heavy atom. The lowest BCUT2D eigenvalue weighted by Gasteiger charge is -2.60. The Morgan fingerprint density at radius 3 is 2.71 bits per heavy atom. The lowest BCUT2D eigenvalue weighted by Crippen LogP contribution is -2.53. The number of esters is 1. The monoisotopic (exact) mass is 508 g/mol. The van der Waals surface area contributed by atoms with Gasteiger partial charge in [-0.2, -0.15) is 0 Å². The molecule has 0 aromatic carbocycles. The van der Waals surface area contributed by atoms with E-state index in [1.165, 1.54) is 29.7 Å². The first-order valence-corrected chi connectivity index (χ1v) is 11.4. The van der Waals surface area contributed by atoms with E-state index in [9.17, 15) is 9.59 Å². The molecule has 0 spiro atoms. The van der Waals surface area contributed by atoms with Crippen LogP contribution in [0.5, 0.6) is 0 Å². The highest BCUT2D eigenvalue weighted by atomic mass is 79.9. The number of pyridine rings is 1. The van der Waals surface area contributed by atoms with Gasteiger partial charge < -0.3 is 4.74 Å². The van der Waals surface area contributed by atoms with Gasteiger partial charge in [0.15, 0.2) is 0 Å². The molecule has 2 aromatic rings. The highest BCUT2D eigenvalue weighted by molar-refractivity contribution is 9.10. The number of aromatic nitrogens is 2. The topological polar surface area (TPSA) is 60.7 Å². The molecule has 148 valence electrons. The van der Waals surface area contributed by atoms with Crippen molar-refractivity contribution in [1.29, 1.82) is 0 Å². The number of ether oxygens (including phenoxy) is 1. The van der Waals surface area contributed by atoms with Crippen LogP contribution >= 0.6 is 31.9 Å². The van der Waals surface area contributed by atoms with Crippen LogP contribution in [0.2, 0.25) is 0 Å². The quantitative estimate of drug-likeness (QED) is 0.445. The summed E-state index contributed by atoms with van der Waals surface area (Å²) in [4.78, 5) is 29.4. The van der Waals surface area contributed by atoms with Gasteiger partial charge in [-0.15, -0.1) is 0 Å². The maximum absolute atomic E-state index is 12.6. The maximum Gasteiger partial charge on any atom is 0.306 e. The van der Waals surface area contributed by atoms with Crippen LogP contribution in [0.3, 0.4) is 0 Å². The molecule has 2 aromatic heterocycles. The average Bonchev–Trinajstić information content (AvgIpc) is 2.58. The Kier molecular flexibility index (Phi) is 4.47. The van der Waals surface area contributed by atoms with E-state index in [1.54, 1.807) is 12.3 Å². The number of fused-ring (bicyclic) bond motifs is 1. The Hall–Kier alpha value is -1.21. The van der Waals surface area contributed by atoms with Gasteiger partial charge >= 0.3 is 5.97 Å². The fourth-order valence-electron chi connectivity index (χ4n) is 6.25. The highest BCUT2D eigenvalue weighted by Gasteiger charge is 2.57. The first-order valence-electron chi connectivity index (χ1n) is 9.84. The normalized spacial score (nSPS) is 33.4. The third kappa shape index (κ3) is 3.45. The SMILES string of the molecule is O=C(CC12CC3CC(CC(Br)(C3)C1)C2)OCc1cc(=O)n2cc(Br)ccc2n1. The van der Waals surface area contributed by atoms with Gasteiger partial charge in [0.1, 0.15) is 12.3 Å². The summed E-state index contributed by atoms with van der Waals surface area (Å²) in [6.45, 7) is 0.0447. The lowest BCUT2D eigenvalue weighted by atomic mass is 9.49. The molecule has 4 aliphatic rings. The summed E-state index contributed by atoms with van der Waals surface area (Å²) >= 11 is 7.35. The molecule has 0 amide bonds. The molecule has 28 heavy (non-hydrogen) atoms. The zero-order valence-electron chi connectivity index (χ0n) is 15.5. The number of carbonyl (C=O) groups excluding carboxylic acids is 1. The molecule has 0 aliphatic heterocycles. The minimum atomic E-state index is -0.181. The summed E-state index contributed by atoms with van der Waals surface area (Å²) in [5, 5.41) is 0. The van der Waals surface area contributed by atoms with Crippen molar-refractivity contribution in [3.63, 3.8) is 0 Å². The fraction of sp³-hybridized carbons (Fsp3) is 0.571. The number of hydrogen-bond acceptors (Lipinski definition) is 4. The number of alkyl halides is 1. The smallest absolute Gasteiger partial charge is 0.306 e. The second-order valence-corrected chi connectivity index (χ2v) is 11.7. The van der Waals surface area contributed by atoms with Crippen molar-refractivity contribution in [2.45, 2.75) is 55.9 Å². The van der Waals surface area contributed by atoms with Gasteiger partial charge in [0.25, 0.3) is 5.56 Å². The van der Waals surface area contributed by atoms with E-state index in [1.807, 2.05) is 6.07 Å². The molecule has 5 nitrogen and oxygen atoms in total. The first kappa shape index (κ1) is 18.8. The third-order valence-corrected chi connectivity index (χ3v) is 8.08. The zero-order valence-corrected chi connectivity index (χ0v) is 18.7. The summed E-state index contributed by atoms with van der Waals surface area (Å²) in [7, 11) is 0. The number of carbonyl (C=O) groups is 1. The van der Waals surface area contributed by atoms with Crippen LogP contribution < -0.4 is 5.56 Å². The van der Waals surface area contributed by atoms with Gasteiger partial charge in [-0.25, -0.2) is 4.98 Å². The summed E-state index contributed by atoms with van der Waals surface area (Å²) in [6.07, 6.45) is 9.36. The van der Waals surface area contributed by atoms with E-state index in [4.69, 9.17) is 4.74 Å². The second kappa shape index (κ2) is 6.66. The van der Waals surface area contributed by atoms with Crippen molar-refractivity contribution in [2.75, 3.05) is 0 Å². The minimum Gasteiger partial charge on any atom is -0.459 e. The van der Waals surface area contributed by atoms with Gasteiger partial charge in [0, 0.05) is 21.1 Å². The molecular formula is C21H22Br2N2O3. The number of rotatable bonds is 4. The minimum absolute atomic E-state index is 0.0447. The van der Waals surface area contributed by atoms with Crippen molar-refractivity contribution in [3.05, 3.63) is 44.9 Å². The molecule has 4 aliphatic carbocycles. The molecule has 2 atom stereocenters. The van der Waals surface area contributed by atoms with Crippen molar-refractivity contribution in [1.82, 2.24) is 9.38 Å². The molecule has 6 rings (SSSR count). The Morgan fingerprint density at radius 2 is 2.00 bits per heavy atom. The Bertz CT molecular complexity index is 1000. The van der Waals surface area contributed by atoms with Crippen LogP contribution in [-0.2, 0) is 16.1 Å². The molecule has 4 saturated carbocycles. The molecule has 0 radical (unpaired) electrons. The van der Waals surface area contributed by atoms with Crippen molar-refractivity contribution in [3.8, 4) is 0 Å². The highest BCUT2D eigenvalue weighted by Crippen LogP contribution is 2.65. The zero-order chi connectivity index (χ0) is 19.5. The molecule has 0 saturated heterocycles. The van der Waals surface area contributed by atoms with Crippen LogP contribution in [0.1, 0.15) is 50.6 Å². The first-order chi connectivity index (χ1) is 13.3. The lowest BCUT2D eigenvalue weighted by molar-refractivity contribution is -0.152. The maximum atomic E-state index is 12.6. The van der Waals surface area contributed by atoms with Gasteiger partial charge in [-0.05, 0) is 83.8 Å². The summed E-state index contributed by atoms with van der Waals surface area (Å²) in [5.74, 6) is 1.32. The van der Waals surface area contributed by atoms with Crippen molar-refractivity contribution in [2.24, 2.45) is 17.3 Å². The molecule has 0 N–H and O–H groups in total. The molecule has 2 heterocycles.